The largest absolute Gasteiger partial charge is 0.493 e. The van der Waals surface area contributed by atoms with Gasteiger partial charge in [0, 0.05) is 24.5 Å². The summed E-state index contributed by atoms with van der Waals surface area (Å²) in [5, 5.41) is 1.02. The first kappa shape index (κ1) is 16.0. The fourth-order valence-electron chi connectivity index (χ4n) is 4.08. The number of benzene rings is 1. The lowest BCUT2D eigenvalue weighted by Crippen LogP contribution is -2.39. The molecule has 25 heavy (non-hydrogen) atoms. The number of aromatic amines is 1. The van der Waals surface area contributed by atoms with Crippen LogP contribution in [-0.2, 0) is 0 Å². The minimum absolute atomic E-state index is 0.665. The van der Waals surface area contributed by atoms with Crippen LogP contribution in [0.4, 0.5) is 5.82 Å². The zero-order valence-corrected chi connectivity index (χ0v) is 15.2. The van der Waals surface area contributed by atoms with Gasteiger partial charge in [-0.1, -0.05) is 13.8 Å². The first-order valence-electron chi connectivity index (χ1n) is 8.74. The van der Waals surface area contributed by atoms with Gasteiger partial charge in [-0.05, 0) is 24.3 Å². The molecule has 0 aliphatic carbocycles. The van der Waals surface area contributed by atoms with E-state index in [1.165, 1.54) is 6.42 Å². The Labute approximate surface area is 147 Å². The molecule has 6 heteroatoms. The predicted octanol–water partition coefficient (Wildman–Crippen LogP) is 3.61. The molecule has 1 N–H and O–H groups in total. The monoisotopic (exact) mass is 340 g/mol. The van der Waals surface area contributed by atoms with E-state index >= 15 is 0 Å². The molecule has 0 spiro atoms. The van der Waals surface area contributed by atoms with Crippen molar-refractivity contribution in [1.29, 1.82) is 0 Å². The number of aromatic nitrogens is 3. The van der Waals surface area contributed by atoms with E-state index in [1.807, 2.05) is 12.1 Å². The SMILES string of the molecule is COc1cc2[nH]c3c(N4CC(C)CC(C)C4)ncnc3c2cc1OC. The maximum Gasteiger partial charge on any atom is 0.162 e. The normalized spacial score (nSPS) is 21.0. The van der Waals surface area contributed by atoms with Gasteiger partial charge in [0.2, 0.25) is 0 Å². The number of nitrogens with zero attached hydrogens (tertiary/aromatic N) is 3. The lowest BCUT2D eigenvalue weighted by atomic mass is 9.92. The summed E-state index contributed by atoms with van der Waals surface area (Å²) in [4.78, 5) is 15.0. The van der Waals surface area contributed by atoms with Crippen LogP contribution < -0.4 is 14.4 Å². The Morgan fingerprint density at radius 2 is 1.72 bits per heavy atom. The average molecular weight is 340 g/mol. The third kappa shape index (κ3) is 2.65. The van der Waals surface area contributed by atoms with Crippen LogP contribution in [0.1, 0.15) is 20.3 Å². The number of methoxy groups -OCH3 is 2. The quantitative estimate of drug-likeness (QED) is 0.789. The summed E-state index contributed by atoms with van der Waals surface area (Å²) in [5.41, 5.74) is 2.88. The topological polar surface area (TPSA) is 63.3 Å². The van der Waals surface area contributed by atoms with Gasteiger partial charge in [0.1, 0.15) is 17.4 Å². The van der Waals surface area contributed by atoms with Crippen molar-refractivity contribution in [2.45, 2.75) is 20.3 Å². The second-order valence-electron chi connectivity index (χ2n) is 7.15. The summed E-state index contributed by atoms with van der Waals surface area (Å²) in [7, 11) is 3.30. The molecular weight excluding hydrogens is 316 g/mol. The van der Waals surface area contributed by atoms with Gasteiger partial charge in [-0.25, -0.2) is 9.97 Å². The maximum absolute atomic E-state index is 5.44. The van der Waals surface area contributed by atoms with E-state index in [9.17, 15) is 0 Å². The van der Waals surface area contributed by atoms with Crippen molar-refractivity contribution in [1.82, 2.24) is 15.0 Å². The van der Waals surface area contributed by atoms with Crippen molar-refractivity contribution >= 4 is 27.8 Å². The maximum atomic E-state index is 5.44. The minimum atomic E-state index is 0.665. The summed E-state index contributed by atoms with van der Waals surface area (Å²) in [6.45, 7) is 6.67. The molecule has 2 atom stereocenters. The van der Waals surface area contributed by atoms with E-state index in [-0.39, 0.29) is 0 Å². The second kappa shape index (κ2) is 6.10. The lowest BCUT2D eigenvalue weighted by molar-refractivity contribution is 0.355. The molecule has 132 valence electrons. The highest BCUT2D eigenvalue weighted by Gasteiger charge is 2.25. The molecular formula is C19H24N4O2. The zero-order valence-electron chi connectivity index (χ0n) is 15.2. The molecule has 3 heterocycles. The molecule has 1 aromatic carbocycles. The van der Waals surface area contributed by atoms with Crippen LogP contribution >= 0.6 is 0 Å². The molecule has 0 saturated carbocycles. The number of nitrogens with one attached hydrogen (secondary N) is 1. The molecule has 1 aliphatic rings. The van der Waals surface area contributed by atoms with Gasteiger partial charge in [0.25, 0.3) is 0 Å². The van der Waals surface area contributed by atoms with Crippen molar-refractivity contribution < 1.29 is 9.47 Å². The fraction of sp³-hybridized carbons (Fsp3) is 0.474. The molecule has 0 bridgehead atoms. The van der Waals surface area contributed by atoms with Crippen LogP contribution in [0.3, 0.4) is 0 Å². The molecule has 3 aromatic rings. The van der Waals surface area contributed by atoms with Crippen molar-refractivity contribution in [2.75, 3.05) is 32.2 Å². The third-order valence-electron chi connectivity index (χ3n) is 5.03. The predicted molar refractivity (Wildman–Crippen MR) is 99.7 cm³/mol. The summed E-state index contributed by atoms with van der Waals surface area (Å²) in [6, 6.07) is 3.94. The number of anilines is 1. The molecule has 4 rings (SSSR count). The van der Waals surface area contributed by atoms with Gasteiger partial charge >= 0.3 is 0 Å². The van der Waals surface area contributed by atoms with Gasteiger partial charge in [-0.3, -0.25) is 0 Å². The van der Waals surface area contributed by atoms with Crippen LogP contribution in [0.5, 0.6) is 11.5 Å². The van der Waals surface area contributed by atoms with Gasteiger partial charge < -0.3 is 19.4 Å². The summed E-state index contributed by atoms with van der Waals surface area (Å²) >= 11 is 0. The first-order valence-corrected chi connectivity index (χ1v) is 8.74. The Balaban J connectivity index is 1.89. The molecule has 0 amide bonds. The Kier molecular flexibility index (Phi) is 3.90. The average Bonchev–Trinajstić information content (AvgIpc) is 2.97. The first-order chi connectivity index (χ1) is 12.1. The van der Waals surface area contributed by atoms with Crippen molar-refractivity contribution in [3.63, 3.8) is 0 Å². The summed E-state index contributed by atoms with van der Waals surface area (Å²) < 4.78 is 10.9. The lowest BCUT2D eigenvalue weighted by Gasteiger charge is -2.35. The zero-order chi connectivity index (χ0) is 17.6. The number of rotatable bonds is 3. The Morgan fingerprint density at radius 1 is 1.04 bits per heavy atom. The number of hydrogen-bond acceptors (Lipinski definition) is 5. The molecule has 2 unspecified atom stereocenters. The third-order valence-corrected chi connectivity index (χ3v) is 5.03. The number of hydrogen-bond donors (Lipinski definition) is 1. The molecule has 2 aromatic heterocycles. The number of fused-ring (bicyclic) bond motifs is 3. The van der Waals surface area contributed by atoms with Gasteiger partial charge in [0.05, 0.1) is 19.7 Å². The Hall–Kier alpha value is -2.50. The van der Waals surface area contributed by atoms with E-state index in [4.69, 9.17) is 9.47 Å². The smallest absolute Gasteiger partial charge is 0.162 e. The van der Waals surface area contributed by atoms with Gasteiger partial charge in [0.15, 0.2) is 17.3 Å². The number of H-pyrrole nitrogens is 1. The Bertz CT molecular complexity index is 911. The summed E-state index contributed by atoms with van der Waals surface area (Å²) in [6.07, 6.45) is 2.93. The molecule has 6 nitrogen and oxygen atoms in total. The Morgan fingerprint density at radius 3 is 2.40 bits per heavy atom. The van der Waals surface area contributed by atoms with E-state index < -0.39 is 0 Å². The molecule has 1 saturated heterocycles. The van der Waals surface area contributed by atoms with Crippen molar-refractivity contribution in [3.05, 3.63) is 18.5 Å². The van der Waals surface area contributed by atoms with Gasteiger partial charge in [-0.2, -0.15) is 0 Å². The van der Waals surface area contributed by atoms with Gasteiger partial charge in [-0.15, -0.1) is 0 Å². The van der Waals surface area contributed by atoms with Crippen molar-refractivity contribution in [2.24, 2.45) is 11.8 Å². The highest BCUT2D eigenvalue weighted by atomic mass is 16.5. The fourth-order valence-corrected chi connectivity index (χ4v) is 4.08. The molecule has 1 fully saturated rings. The van der Waals surface area contributed by atoms with Crippen molar-refractivity contribution in [3.8, 4) is 11.5 Å². The van der Waals surface area contributed by atoms with Crippen LogP contribution in [-0.4, -0.2) is 42.3 Å². The molecule has 1 aliphatic heterocycles. The van der Waals surface area contributed by atoms with E-state index in [0.717, 1.165) is 40.8 Å². The second-order valence-corrected chi connectivity index (χ2v) is 7.15. The number of ether oxygens (including phenoxy) is 2. The summed E-state index contributed by atoms with van der Waals surface area (Å²) in [5.74, 6) is 3.72. The number of piperidine rings is 1. The molecule has 0 radical (unpaired) electrons. The van der Waals surface area contributed by atoms with E-state index in [1.54, 1.807) is 20.5 Å². The van der Waals surface area contributed by atoms with Crippen LogP contribution in [0.25, 0.3) is 21.9 Å². The standard InChI is InChI=1S/C19H24N4O2/c1-11-5-12(2)9-23(8-11)19-18-17(20-10-21-19)13-6-15(24-3)16(25-4)7-14(13)22-18/h6-7,10-12,22H,5,8-9H2,1-4H3. The van der Waals surface area contributed by atoms with Crippen LogP contribution in [0.2, 0.25) is 0 Å². The van der Waals surface area contributed by atoms with Crippen LogP contribution in [0, 0.1) is 11.8 Å². The highest BCUT2D eigenvalue weighted by molar-refractivity contribution is 6.09. The van der Waals surface area contributed by atoms with Crippen LogP contribution in [0.15, 0.2) is 18.5 Å². The highest BCUT2D eigenvalue weighted by Crippen LogP contribution is 2.37. The minimum Gasteiger partial charge on any atom is -0.493 e. The van der Waals surface area contributed by atoms with E-state index in [0.29, 0.717) is 23.3 Å². The van der Waals surface area contributed by atoms with E-state index in [2.05, 4.69) is 33.7 Å².